The second-order valence-electron chi connectivity index (χ2n) is 7.93. The molecule has 1 aromatic heterocycles. The summed E-state index contributed by atoms with van der Waals surface area (Å²) < 4.78 is 5.49. The number of anilines is 1. The Morgan fingerprint density at radius 2 is 1.59 bits per heavy atom. The number of nitrogens with two attached hydrogens (primary N) is 1. The molecule has 2 fully saturated rings. The smallest absolute Gasteiger partial charge is 0.319 e. The molecule has 0 radical (unpaired) electrons. The van der Waals surface area contributed by atoms with Gasteiger partial charge in [0.05, 0.1) is 17.1 Å². The van der Waals surface area contributed by atoms with Crippen molar-refractivity contribution in [2.24, 2.45) is 0 Å². The van der Waals surface area contributed by atoms with E-state index in [1.807, 2.05) is 9.80 Å². The predicted octanol–water partition coefficient (Wildman–Crippen LogP) is 1.58. The van der Waals surface area contributed by atoms with Crippen molar-refractivity contribution in [2.45, 2.75) is 52.0 Å². The van der Waals surface area contributed by atoms with Crippen LogP contribution in [0.4, 0.5) is 10.5 Å². The first-order valence-corrected chi connectivity index (χ1v) is 10.4. The van der Waals surface area contributed by atoms with Crippen LogP contribution < -0.4 is 10.5 Å². The van der Waals surface area contributed by atoms with Crippen molar-refractivity contribution in [3.8, 4) is 6.01 Å². The van der Waals surface area contributed by atoms with Crippen LogP contribution in [0.5, 0.6) is 6.01 Å². The molecule has 0 aromatic carbocycles. The monoisotopic (exact) mass is 404 g/mol. The molecule has 3 heterocycles. The zero-order chi connectivity index (χ0) is 21.0. The van der Waals surface area contributed by atoms with E-state index < -0.39 is 0 Å². The Balaban J connectivity index is 1.46. The Morgan fingerprint density at radius 1 is 1.03 bits per heavy atom. The molecule has 9 heteroatoms. The third kappa shape index (κ3) is 5.07. The van der Waals surface area contributed by atoms with Gasteiger partial charge >= 0.3 is 12.0 Å². The standard InChI is InChI=1S/C20H32N6O3/c1-14-18(21)15(2)23-19(22-14)29-13-17(27)24(3)16-7-11-26(12-8-16)20(28)25-9-5-4-6-10-25/h16H,4-13,21H2,1-3H3. The average Bonchev–Trinajstić information content (AvgIpc) is 2.75. The zero-order valence-electron chi connectivity index (χ0n) is 17.7. The van der Waals surface area contributed by atoms with Gasteiger partial charge in [0.25, 0.3) is 5.91 Å². The minimum Gasteiger partial charge on any atom is -0.453 e. The molecule has 0 aliphatic carbocycles. The van der Waals surface area contributed by atoms with Crippen LogP contribution in [0.3, 0.4) is 0 Å². The number of aryl methyl sites for hydroxylation is 2. The van der Waals surface area contributed by atoms with Crippen LogP contribution in [0.2, 0.25) is 0 Å². The topological polar surface area (TPSA) is 105 Å². The maximum absolute atomic E-state index is 12.6. The summed E-state index contributed by atoms with van der Waals surface area (Å²) in [5.41, 5.74) is 7.66. The summed E-state index contributed by atoms with van der Waals surface area (Å²) in [4.78, 5) is 39.1. The second kappa shape index (κ2) is 9.28. The number of amides is 3. The molecular formula is C20H32N6O3. The number of piperidine rings is 2. The van der Waals surface area contributed by atoms with E-state index in [-0.39, 0.29) is 30.6 Å². The second-order valence-corrected chi connectivity index (χ2v) is 7.93. The normalized spacial score (nSPS) is 17.9. The lowest BCUT2D eigenvalue weighted by Gasteiger charge is -2.39. The number of ether oxygens (including phenoxy) is 1. The first-order valence-electron chi connectivity index (χ1n) is 10.4. The number of likely N-dealkylation sites (N-methyl/N-ethyl adjacent to an activating group) is 1. The van der Waals surface area contributed by atoms with Gasteiger partial charge in [0.15, 0.2) is 6.61 Å². The minimum atomic E-state index is -0.124. The van der Waals surface area contributed by atoms with E-state index >= 15 is 0 Å². The Kier molecular flexibility index (Phi) is 6.76. The highest BCUT2D eigenvalue weighted by molar-refractivity contribution is 5.78. The van der Waals surface area contributed by atoms with Gasteiger partial charge in [0, 0.05) is 39.3 Å². The Labute approximate surface area is 172 Å². The molecule has 160 valence electrons. The molecule has 0 bridgehead atoms. The lowest BCUT2D eigenvalue weighted by molar-refractivity contribution is -0.135. The van der Waals surface area contributed by atoms with Crippen molar-refractivity contribution in [1.29, 1.82) is 0 Å². The number of aromatic nitrogens is 2. The SMILES string of the molecule is Cc1nc(OCC(=O)N(C)C2CCN(C(=O)N3CCCCC3)CC2)nc(C)c1N. The predicted molar refractivity (Wildman–Crippen MR) is 110 cm³/mol. The van der Waals surface area contributed by atoms with E-state index in [2.05, 4.69) is 9.97 Å². The van der Waals surface area contributed by atoms with Crippen molar-refractivity contribution in [1.82, 2.24) is 24.7 Å². The zero-order valence-corrected chi connectivity index (χ0v) is 17.7. The number of rotatable bonds is 4. The van der Waals surface area contributed by atoms with E-state index in [1.54, 1.807) is 25.8 Å². The van der Waals surface area contributed by atoms with Gasteiger partial charge < -0.3 is 25.2 Å². The molecule has 1 aromatic rings. The van der Waals surface area contributed by atoms with Gasteiger partial charge in [-0.05, 0) is 46.0 Å². The largest absolute Gasteiger partial charge is 0.453 e. The Morgan fingerprint density at radius 3 is 2.17 bits per heavy atom. The number of likely N-dealkylation sites (tertiary alicyclic amines) is 2. The number of nitrogen functional groups attached to an aromatic ring is 1. The van der Waals surface area contributed by atoms with Gasteiger partial charge in [0.2, 0.25) is 0 Å². The molecule has 2 saturated heterocycles. The summed E-state index contributed by atoms with van der Waals surface area (Å²) in [7, 11) is 1.79. The van der Waals surface area contributed by atoms with E-state index in [0.29, 0.717) is 30.2 Å². The first kappa shape index (κ1) is 21.1. The van der Waals surface area contributed by atoms with Crippen LogP contribution in [0.1, 0.15) is 43.5 Å². The molecule has 2 N–H and O–H groups in total. The van der Waals surface area contributed by atoms with Crippen LogP contribution in [-0.4, -0.2) is 82.5 Å². The molecule has 9 nitrogen and oxygen atoms in total. The van der Waals surface area contributed by atoms with Crippen molar-refractivity contribution in [3.63, 3.8) is 0 Å². The molecule has 0 spiro atoms. The molecule has 0 atom stereocenters. The first-order chi connectivity index (χ1) is 13.9. The lowest BCUT2D eigenvalue weighted by atomic mass is 10.0. The summed E-state index contributed by atoms with van der Waals surface area (Å²) >= 11 is 0. The molecule has 29 heavy (non-hydrogen) atoms. The molecule has 0 unspecified atom stereocenters. The molecular weight excluding hydrogens is 372 g/mol. The van der Waals surface area contributed by atoms with Gasteiger partial charge in [-0.3, -0.25) is 4.79 Å². The fourth-order valence-electron chi connectivity index (χ4n) is 3.92. The van der Waals surface area contributed by atoms with Gasteiger partial charge in [-0.25, -0.2) is 4.79 Å². The van der Waals surface area contributed by atoms with Gasteiger partial charge in [0.1, 0.15) is 0 Å². The van der Waals surface area contributed by atoms with Crippen molar-refractivity contribution in [3.05, 3.63) is 11.4 Å². The average molecular weight is 405 g/mol. The van der Waals surface area contributed by atoms with Crippen LogP contribution in [0.15, 0.2) is 0 Å². The van der Waals surface area contributed by atoms with Crippen molar-refractivity contribution in [2.75, 3.05) is 45.6 Å². The highest BCUT2D eigenvalue weighted by Crippen LogP contribution is 2.19. The number of carbonyl (C=O) groups excluding carboxylic acids is 2. The van der Waals surface area contributed by atoms with Crippen LogP contribution in [0.25, 0.3) is 0 Å². The number of carbonyl (C=O) groups is 2. The summed E-state index contributed by atoms with van der Waals surface area (Å²) in [6.45, 7) is 6.52. The maximum atomic E-state index is 12.6. The third-order valence-corrected chi connectivity index (χ3v) is 5.93. The van der Waals surface area contributed by atoms with Gasteiger partial charge in [-0.15, -0.1) is 0 Å². The number of urea groups is 1. The summed E-state index contributed by atoms with van der Waals surface area (Å²) in [6, 6.07) is 0.414. The number of hydrogen-bond acceptors (Lipinski definition) is 6. The van der Waals surface area contributed by atoms with Crippen molar-refractivity contribution < 1.29 is 14.3 Å². The van der Waals surface area contributed by atoms with Gasteiger partial charge in [-0.2, -0.15) is 9.97 Å². The van der Waals surface area contributed by atoms with E-state index in [4.69, 9.17) is 10.5 Å². The van der Waals surface area contributed by atoms with Gasteiger partial charge in [-0.1, -0.05) is 0 Å². The summed E-state index contributed by atoms with van der Waals surface area (Å²) in [5.74, 6) is -0.124. The Bertz CT molecular complexity index is 719. The molecule has 0 saturated carbocycles. The summed E-state index contributed by atoms with van der Waals surface area (Å²) in [5, 5.41) is 0. The highest BCUT2D eigenvalue weighted by Gasteiger charge is 2.30. The van der Waals surface area contributed by atoms with Crippen molar-refractivity contribution >= 4 is 17.6 Å². The maximum Gasteiger partial charge on any atom is 0.319 e. The quantitative estimate of drug-likeness (QED) is 0.817. The minimum absolute atomic E-state index is 0.104. The molecule has 2 aliphatic rings. The number of hydrogen-bond donors (Lipinski definition) is 1. The lowest BCUT2D eigenvalue weighted by Crippen LogP contribution is -2.52. The van der Waals surface area contributed by atoms with Crippen LogP contribution >= 0.6 is 0 Å². The molecule has 3 amide bonds. The third-order valence-electron chi connectivity index (χ3n) is 5.93. The van der Waals surface area contributed by atoms with E-state index in [0.717, 1.165) is 38.8 Å². The fourth-order valence-corrected chi connectivity index (χ4v) is 3.92. The highest BCUT2D eigenvalue weighted by atomic mass is 16.5. The fraction of sp³-hybridized carbons (Fsp3) is 0.700. The van der Waals surface area contributed by atoms with Crippen LogP contribution in [0, 0.1) is 13.8 Å². The van der Waals surface area contributed by atoms with E-state index in [1.165, 1.54) is 6.42 Å². The van der Waals surface area contributed by atoms with E-state index in [9.17, 15) is 9.59 Å². The molecule has 2 aliphatic heterocycles. The Hall–Kier alpha value is -2.58. The number of nitrogens with zero attached hydrogens (tertiary/aromatic N) is 5. The summed E-state index contributed by atoms with van der Waals surface area (Å²) in [6.07, 6.45) is 4.95. The molecule has 3 rings (SSSR count). The van der Waals surface area contributed by atoms with Crippen LogP contribution in [-0.2, 0) is 4.79 Å².